The summed E-state index contributed by atoms with van der Waals surface area (Å²) in [6.45, 7) is 3.80. The van der Waals surface area contributed by atoms with E-state index in [2.05, 4.69) is 21.9 Å². The van der Waals surface area contributed by atoms with Crippen LogP contribution in [0.4, 0.5) is 5.69 Å². The molecule has 1 aromatic heterocycles. The minimum absolute atomic E-state index is 0. The maximum absolute atomic E-state index is 11.2. The normalized spacial score (nSPS) is 9.26. The summed E-state index contributed by atoms with van der Waals surface area (Å²) in [5.74, 6) is 0.423. The lowest BCUT2D eigenvalue weighted by molar-refractivity contribution is -0.111. The molecule has 0 aliphatic carbocycles. The number of nitrogens with one attached hydrogen (secondary N) is 2. The molecule has 0 saturated carbocycles. The largest absolute Gasteiger partial charge is 0.487 e. The molecule has 1 aromatic carbocycles. The van der Waals surface area contributed by atoms with E-state index < -0.39 is 0 Å². The summed E-state index contributed by atoms with van der Waals surface area (Å²) in [5, 5.41) is 2.67. The van der Waals surface area contributed by atoms with Crippen molar-refractivity contribution >= 4 is 24.0 Å². The van der Waals surface area contributed by atoms with Gasteiger partial charge in [-0.3, -0.25) is 4.79 Å². The molecule has 0 radical (unpaired) electrons. The molecule has 2 aromatic rings. The maximum Gasteiger partial charge on any atom is 0.247 e. The quantitative estimate of drug-likeness (QED) is 0.827. The number of benzene rings is 1. The molecule has 1 amide bonds. The van der Waals surface area contributed by atoms with Crippen LogP contribution in [0.15, 0.2) is 49.4 Å². The van der Waals surface area contributed by atoms with Crippen molar-refractivity contribution in [3.8, 4) is 5.75 Å². The lowest BCUT2D eigenvalue weighted by Gasteiger charge is -2.07. The van der Waals surface area contributed by atoms with Crippen LogP contribution >= 0.6 is 12.4 Å². The number of amides is 1. The number of aromatic amines is 1. The molecule has 5 nitrogen and oxygen atoms in total. The third kappa shape index (κ3) is 4.48. The Hall–Kier alpha value is -2.27. The van der Waals surface area contributed by atoms with Crippen molar-refractivity contribution in [2.24, 2.45) is 0 Å². The molecule has 0 saturated heterocycles. The highest BCUT2D eigenvalue weighted by atomic mass is 35.5. The van der Waals surface area contributed by atoms with Crippen LogP contribution in [0.2, 0.25) is 0 Å². The average Bonchev–Trinajstić information content (AvgIpc) is 2.90. The fraction of sp³-hybridized carbons (Fsp3) is 0.0769. The first-order valence-electron chi connectivity index (χ1n) is 5.41. The van der Waals surface area contributed by atoms with Crippen LogP contribution in [0.1, 0.15) is 5.69 Å². The second-order valence-corrected chi connectivity index (χ2v) is 3.59. The van der Waals surface area contributed by atoms with Crippen LogP contribution in [0.5, 0.6) is 5.75 Å². The molecule has 2 N–H and O–H groups in total. The van der Waals surface area contributed by atoms with E-state index in [1.165, 1.54) is 6.08 Å². The molecule has 0 atom stereocenters. The van der Waals surface area contributed by atoms with Gasteiger partial charge in [0.05, 0.1) is 18.2 Å². The minimum Gasteiger partial charge on any atom is -0.487 e. The molecule has 0 aliphatic rings. The van der Waals surface area contributed by atoms with Crippen LogP contribution in [-0.2, 0) is 11.4 Å². The summed E-state index contributed by atoms with van der Waals surface area (Å²) in [5.41, 5.74) is 1.55. The van der Waals surface area contributed by atoms with E-state index in [1.807, 2.05) is 6.07 Å². The Kier molecular flexibility index (Phi) is 5.63. The van der Waals surface area contributed by atoms with Crippen molar-refractivity contribution in [1.29, 1.82) is 0 Å². The zero-order chi connectivity index (χ0) is 12.8. The van der Waals surface area contributed by atoms with E-state index >= 15 is 0 Å². The van der Waals surface area contributed by atoms with Gasteiger partial charge in [-0.15, -0.1) is 12.4 Å². The summed E-state index contributed by atoms with van der Waals surface area (Å²) >= 11 is 0. The predicted molar refractivity (Wildman–Crippen MR) is 75.4 cm³/mol. The van der Waals surface area contributed by atoms with E-state index in [4.69, 9.17) is 4.74 Å². The number of hydrogen-bond acceptors (Lipinski definition) is 3. The van der Waals surface area contributed by atoms with Crippen LogP contribution < -0.4 is 10.1 Å². The molecular weight excluding hydrogens is 266 g/mol. The van der Waals surface area contributed by atoms with Gasteiger partial charge in [0, 0.05) is 11.8 Å². The number of halogens is 1. The molecular formula is C13H14ClN3O2. The van der Waals surface area contributed by atoms with Crippen molar-refractivity contribution in [1.82, 2.24) is 9.97 Å². The standard InChI is InChI=1S/C13H13N3O2.ClH/c1-2-13(17)16-10-4-3-5-12(6-10)18-8-11-7-14-9-15-11;/h2-7,9H,1,8H2,(H,14,15)(H,16,17);1H. The topological polar surface area (TPSA) is 67.0 Å². The zero-order valence-electron chi connectivity index (χ0n) is 10.1. The average molecular weight is 280 g/mol. The van der Waals surface area contributed by atoms with Gasteiger partial charge in [-0.2, -0.15) is 0 Å². The van der Waals surface area contributed by atoms with Gasteiger partial charge in [-0.05, 0) is 18.2 Å². The Bertz CT molecular complexity index is 541. The second kappa shape index (κ2) is 7.23. The third-order valence-electron chi connectivity index (χ3n) is 2.24. The fourth-order valence-corrected chi connectivity index (χ4v) is 1.38. The highest BCUT2D eigenvalue weighted by molar-refractivity contribution is 5.98. The van der Waals surface area contributed by atoms with E-state index in [-0.39, 0.29) is 18.3 Å². The summed E-state index contributed by atoms with van der Waals surface area (Å²) in [6, 6.07) is 7.16. The van der Waals surface area contributed by atoms with Crippen molar-refractivity contribution < 1.29 is 9.53 Å². The Balaban J connectivity index is 0.00000180. The van der Waals surface area contributed by atoms with Crippen LogP contribution in [-0.4, -0.2) is 15.9 Å². The van der Waals surface area contributed by atoms with Crippen molar-refractivity contribution in [2.75, 3.05) is 5.32 Å². The molecule has 100 valence electrons. The van der Waals surface area contributed by atoms with Gasteiger partial charge in [0.2, 0.25) is 5.91 Å². The molecule has 0 unspecified atom stereocenters. The summed E-state index contributed by atoms with van der Waals surface area (Å²) in [7, 11) is 0. The summed E-state index contributed by atoms with van der Waals surface area (Å²) in [4.78, 5) is 18.0. The minimum atomic E-state index is -0.249. The monoisotopic (exact) mass is 279 g/mol. The number of carbonyl (C=O) groups excluding carboxylic acids is 1. The SMILES string of the molecule is C=CC(=O)Nc1cccc(OCc2cnc[nH]2)c1.Cl. The predicted octanol–water partition coefficient (Wildman–Crippen LogP) is 2.54. The van der Waals surface area contributed by atoms with Crippen LogP contribution in [0.25, 0.3) is 0 Å². The van der Waals surface area contributed by atoms with E-state index in [0.717, 1.165) is 5.69 Å². The van der Waals surface area contributed by atoms with Gasteiger partial charge in [-0.25, -0.2) is 4.98 Å². The van der Waals surface area contributed by atoms with Crippen molar-refractivity contribution in [3.63, 3.8) is 0 Å². The molecule has 1 heterocycles. The van der Waals surface area contributed by atoms with E-state index in [9.17, 15) is 4.79 Å². The van der Waals surface area contributed by atoms with E-state index in [1.54, 1.807) is 30.7 Å². The number of hydrogen-bond donors (Lipinski definition) is 2. The van der Waals surface area contributed by atoms with Crippen molar-refractivity contribution in [2.45, 2.75) is 6.61 Å². The second-order valence-electron chi connectivity index (χ2n) is 3.59. The molecule has 0 aliphatic heterocycles. The van der Waals surface area contributed by atoms with Gasteiger partial charge in [-0.1, -0.05) is 12.6 Å². The van der Waals surface area contributed by atoms with Gasteiger partial charge in [0.25, 0.3) is 0 Å². The Morgan fingerprint density at radius 1 is 1.53 bits per heavy atom. The smallest absolute Gasteiger partial charge is 0.247 e. The molecule has 0 fully saturated rings. The van der Waals surface area contributed by atoms with E-state index in [0.29, 0.717) is 18.0 Å². The Morgan fingerprint density at radius 3 is 3.05 bits per heavy atom. The first kappa shape index (κ1) is 14.8. The fourth-order valence-electron chi connectivity index (χ4n) is 1.38. The highest BCUT2D eigenvalue weighted by Crippen LogP contribution is 2.18. The van der Waals surface area contributed by atoms with Crippen LogP contribution in [0.3, 0.4) is 0 Å². The number of anilines is 1. The van der Waals surface area contributed by atoms with Crippen LogP contribution in [0, 0.1) is 0 Å². The third-order valence-corrected chi connectivity index (χ3v) is 2.24. The summed E-state index contributed by atoms with van der Waals surface area (Å²) in [6.07, 6.45) is 4.51. The number of aromatic nitrogens is 2. The van der Waals surface area contributed by atoms with Crippen molar-refractivity contribution in [3.05, 3.63) is 55.1 Å². The highest BCUT2D eigenvalue weighted by Gasteiger charge is 2.00. The molecule has 2 rings (SSSR count). The van der Waals surface area contributed by atoms with Gasteiger partial charge < -0.3 is 15.0 Å². The van der Waals surface area contributed by atoms with Gasteiger partial charge in [0.15, 0.2) is 0 Å². The Morgan fingerprint density at radius 2 is 2.37 bits per heavy atom. The molecule has 19 heavy (non-hydrogen) atoms. The molecule has 0 spiro atoms. The number of rotatable bonds is 5. The first-order valence-corrected chi connectivity index (χ1v) is 5.41. The van der Waals surface area contributed by atoms with Gasteiger partial charge >= 0.3 is 0 Å². The Labute approximate surface area is 117 Å². The molecule has 0 bridgehead atoms. The number of H-pyrrole nitrogens is 1. The number of imidazole rings is 1. The lowest BCUT2D eigenvalue weighted by atomic mass is 10.3. The number of nitrogens with zero attached hydrogens (tertiary/aromatic N) is 1. The first-order chi connectivity index (χ1) is 8.78. The molecule has 6 heteroatoms. The van der Waals surface area contributed by atoms with Gasteiger partial charge in [0.1, 0.15) is 12.4 Å². The zero-order valence-corrected chi connectivity index (χ0v) is 10.9. The summed E-state index contributed by atoms with van der Waals surface area (Å²) < 4.78 is 5.56. The number of carbonyl (C=O) groups is 1. The number of ether oxygens (including phenoxy) is 1. The lowest BCUT2D eigenvalue weighted by Crippen LogP contribution is -2.07. The maximum atomic E-state index is 11.2.